The Morgan fingerprint density at radius 2 is 2.00 bits per heavy atom. The summed E-state index contributed by atoms with van der Waals surface area (Å²) in [5.74, 6) is 0.245. The fraction of sp³-hybridized carbons (Fsp3) is 0.133. The number of carbonyl (C=O) groups is 1. The van der Waals surface area contributed by atoms with E-state index in [2.05, 4.69) is 21.2 Å². The fourth-order valence-electron chi connectivity index (χ4n) is 1.84. The second-order valence-corrected chi connectivity index (χ2v) is 5.31. The standard InChI is InChI=1S/C15H15BrN2O2/c1-9-3-5-13(12(17)7-9)18-15(19)11-8-10(16)4-6-14(11)20-2/h3-8H,17H2,1-2H3,(H,18,19). The van der Waals surface area contributed by atoms with Crippen molar-refractivity contribution in [3.8, 4) is 5.75 Å². The maximum atomic E-state index is 12.3. The number of benzene rings is 2. The molecule has 0 radical (unpaired) electrons. The zero-order valence-electron chi connectivity index (χ0n) is 11.2. The van der Waals surface area contributed by atoms with Crippen molar-refractivity contribution >= 4 is 33.2 Å². The first-order valence-electron chi connectivity index (χ1n) is 6.02. The summed E-state index contributed by atoms with van der Waals surface area (Å²) in [6.07, 6.45) is 0. The number of nitrogens with two attached hydrogens (primary N) is 1. The number of anilines is 2. The van der Waals surface area contributed by atoms with Crippen LogP contribution in [-0.4, -0.2) is 13.0 Å². The second kappa shape index (κ2) is 5.96. The maximum Gasteiger partial charge on any atom is 0.259 e. The highest BCUT2D eigenvalue weighted by molar-refractivity contribution is 9.10. The number of methoxy groups -OCH3 is 1. The number of nitrogens with one attached hydrogen (secondary N) is 1. The number of ether oxygens (including phenoxy) is 1. The molecule has 0 saturated carbocycles. The number of hydrogen-bond acceptors (Lipinski definition) is 3. The van der Waals surface area contributed by atoms with E-state index < -0.39 is 0 Å². The molecule has 104 valence electrons. The van der Waals surface area contributed by atoms with Crippen molar-refractivity contribution in [3.63, 3.8) is 0 Å². The predicted molar refractivity (Wildman–Crippen MR) is 84.2 cm³/mol. The third-order valence-electron chi connectivity index (χ3n) is 2.86. The number of aryl methyl sites for hydroxylation is 1. The highest BCUT2D eigenvalue weighted by Crippen LogP contribution is 2.25. The highest BCUT2D eigenvalue weighted by Gasteiger charge is 2.14. The quantitative estimate of drug-likeness (QED) is 0.843. The van der Waals surface area contributed by atoms with Gasteiger partial charge in [-0.15, -0.1) is 0 Å². The van der Waals surface area contributed by atoms with Crippen molar-refractivity contribution in [2.75, 3.05) is 18.2 Å². The van der Waals surface area contributed by atoms with E-state index in [-0.39, 0.29) is 5.91 Å². The Morgan fingerprint density at radius 3 is 2.65 bits per heavy atom. The van der Waals surface area contributed by atoms with Crippen LogP contribution in [0.3, 0.4) is 0 Å². The first-order chi connectivity index (χ1) is 9.51. The number of nitrogen functional groups attached to an aromatic ring is 1. The number of rotatable bonds is 3. The minimum absolute atomic E-state index is 0.265. The van der Waals surface area contributed by atoms with Crippen molar-refractivity contribution in [1.29, 1.82) is 0 Å². The SMILES string of the molecule is COc1ccc(Br)cc1C(=O)Nc1ccc(C)cc1N. The van der Waals surface area contributed by atoms with Crippen LogP contribution < -0.4 is 15.8 Å². The molecule has 0 aliphatic carbocycles. The largest absolute Gasteiger partial charge is 0.496 e. The van der Waals surface area contributed by atoms with Crippen LogP contribution >= 0.6 is 15.9 Å². The average Bonchev–Trinajstić information content (AvgIpc) is 2.41. The summed E-state index contributed by atoms with van der Waals surface area (Å²) in [6.45, 7) is 1.94. The normalized spacial score (nSPS) is 10.2. The Bertz CT molecular complexity index is 656. The van der Waals surface area contributed by atoms with Gasteiger partial charge in [-0.1, -0.05) is 22.0 Å². The van der Waals surface area contributed by atoms with Crippen LogP contribution in [0.5, 0.6) is 5.75 Å². The van der Waals surface area contributed by atoms with Crippen molar-refractivity contribution in [2.45, 2.75) is 6.92 Å². The number of hydrogen-bond donors (Lipinski definition) is 2. The van der Waals surface area contributed by atoms with E-state index in [4.69, 9.17) is 10.5 Å². The smallest absolute Gasteiger partial charge is 0.259 e. The molecule has 0 spiro atoms. The van der Waals surface area contributed by atoms with E-state index in [1.54, 1.807) is 18.2 Å². The first-order valence-corrected chi connectivity index (χ1v) is 6.81. The average molecular weight is 335 g/mol. The van der Waals surface area contributed by atoms with Crippen molar-refractivity contribution in [1.82, 2.24) is 0 Å². The van der Waals surface area contributed by atoms with Crippen molar-refractivity contribution < 1.29 is 9.53 Å². The molecule has 0 aromatic heterocycles. The molecular weight excluding hydrogens is 320 g/mol. The van der Waals surface area contributed by atoms with Crippen LogP contribution in [0.2, 0.25) is 0 Å². The fourth-order valence-corrected chi connectivity index (χ4v) is 2.20. The highest BCUT2D eigenvalue weighted by atomic mass is 79.9. The van der Waals surface area contributed by atoms with Crippen LogP contribution in [-0.2, 0) is 0 Å². The van der Waals surface area contributed by atoms with Gasteiger partial charge in [0.2, 0.25) is 0 Å². The molecular formula is C15H15BrN2O2. The van der Waals surface area contributed by atoms with Gasteiger partial charge in [0.1, 0.15) is 5.75 Å². The minimum atomic E-state index is -0.265. The number of carbonyl (C=O) groups excluding carboxylic acids is 1. The lowest BCUT2D eigenvalue weighted by atomic mass is 10.1. The van der Waals surface area contributed by atoms with Crippen molar-refractivity contribution in [3.05, 3.63) is 52.0 Å². The van der Waals surface area contributed by atoms with Gasteiger partial charge in [0.15, 0.2) is 0 Å². The lowest BCUT2D eigenvalue weighted by Gasteiger charge is -2.11. The molecule has 0 bridgehead atoms. The van der Waals surface area contributed by atoms with Crippen molar-refractivity contribution in [2.24, 2.45) is 0 Å². The van der Waals surface area contributed by atoms with Gasteiger partial charge in [-0.25, -0.2) is 0 Å². The summed E-state index contributed by atoms with van der Waals surface area (Å²) in [5.41, 5.74) is 8.50. The second-order valence-electron chi connectivity index (χ2n) is 4.39. The molecule has 2 aromatic carbocycles. The van der Waals surface area contributed by atoms with Gasteiger partial charge in [0, 0.05) is 4.47 Å². The van der Waals surface area contributed by atoms with Crippen LogP contribution in [0.1, 0.15) is 15.9 Å². The molecule has 0 atom stereocenters. The van der Waals surface area contributed by atoms with Crippen LogP contribution in [0, 0.1) is 6.92 Å². The molecule has 0 saturated heterocycles. The predicted octanol–water partition coefficient (Wildman–Crippen LogP) is 3.60. The molecule has 0 fully saturated rings. The molecule has 20 heavy (non-hydrogen) atoms. The van der Waals surface area contributed by atoms with Gasteiger partial charge in [-0.05, 0) is 42.8 Å². The summed E-state index contributed by atoms with van der Waals surface area (Å²) in [5, 5.41) is 2.79. The molecule has 0 aliphatic heterocycles. The Morgan fingerprint density at radius 1 is 1.25 bits per heavy atom. The minimum Gasteiger partial charge on any atom is -0.496 e. The Hall–Kier alpha value is -2.01. The third-order valence-corrected chi connectivity index (χ3v) is 3.35. The summed E-state index contributed by atoms with van der Waals surface area (Å²) in [6, 6.07) is 10.7. The van der Waals surface area contributed by atoms with E-state index in [1.807, 2.05) is 25.1 Å². The molecule has 0 aliphatic rings. The zero-order chi connectivity index (χ0) is 14.7. The summed E-state index contributed by atoms with van der Waals surface area (Å²) < 4.78 is 6.00. The number of amides is 1. The van der Waals surface area contributed by atoms with E-state index >= 15 is 0 Å². The zero-order valence-corrected chi connectivity index (χ0v) is 12.8. The Kier molecular flexibility index (Phi) is 4.29. The monoisotopic (exact) mass is 334 g/mol. The summed E-state index contributed by atoms with van der Waals surface area (Å²) in [7, 11) is 1.53. The van der Waals surface area contributed by atoms with Gasteiger partial charge >= 0.3 is 0 Å². The lowest BCUT2D eigenvalue weighted by molar-refractivity contribution is 0.102. The molecule has 1 amide bonds. The Balaban J connectivity index is 2.30. The van der Waals surface area contributed by atoms with E-state index in [1.165, 1.54) is 7.11 Å². The maximum absolute atomic E-state index is 12.3. The summed E-state index contributed by atoms with van der Waals surface area (Å²) >= 11 is 3.34. The molecule has 3 N–H and O–H groups in total. The van der Waals surface area contributed by atoms with E-state index in [0.717, 1.165) is 10.0 Å². The van der Waals surface area contributed by atoms with Gasteiger partial charge in [0.05, 0.1) is 24.0 Å². The van der Waals surface area contributed by atoms with Gasteiger partial charge < -0.3 is 15.8 Å². The first kappa shape index (κ1) is 14.4. The molecule has 2 rings (SSSR count). The van der Waals surface area contributed by atoms with Crippen LogP contribution in [0.4, 0.5) is 11.4 Å². The van der Waals surface area contributed by atoms with Gasteiger partial charge in [0.25, 0.3) is 5.91 Å². The molecule has 5 heteroatoms. The van der Waals surface area contributed by atoms with Crippen LogP contribution in [0.15, 0.2) is 40.9 Å². The number of halogens is 1. The van der Waals surface area contributed by atoms with E-state index in [9.17, 15) is 4.79 Å². The molecule has 0 heterocycles. The topological polar surface area (TPSA) is 64.3 Å². The molecule has 0 unspecified atom stereocenters. The Labute approximate surface area is 126 Å². The van der Waals surface area contributed by atoms with E-state index in [0.29, 0.717) is 22.7 Å². The third kappa shape index (κ3) is 3.11. The lowest BCUT2D eigenvalue weighted by Crippen LogP contribution is -2.14. The summed E-state index contributed by atoms with van der Waals surface area (Å²) in [4.78, 5) is 12.3. The molecule has 4 nitrogen and oxygen atoms in total. The molecule has 2 aromatic rings. The van der Waals surface area contributed by atoms with Gasteiger partial charge in [-0.3, -0.25) is 4.79 Å². The van der Waals surface area contributed by atoms with Crippen LogP contribution in [0.25, 0.3) is 0 Å². The van der Waals surface area contributed by atoms with Gasteiger partial charge in [-0.2, -0.15) is 0 Å².